The molecule has 0 bridgehead atoms. The third kappa shape index (κ3) is 3.05. The molecule has 1 saturated heterocycles. The van der Waals surface area contributed by atoms with Gasteiger partial charge in [-0.2, -0.15) is 4.98 Å². The minimum absolute atomic E-state index is 0.124. The molecule has 1 aromatic heterocycles. The van der Waals surface area contributed by atoms with Crippen LogP contribution in [0.3, 0.4) is 0 Å². The predicted octanol–water partition coefficient (Wildman–Crippen LogP) is 2.21. The lowest BCUT2D eigenvalue weighted by Gasteiger charge is -2.32. The van der Waals surface area contributed by atoms with Crippen LogP contribution in [0.15, 0.2) is 34.9 Å². The summed E-state index contributed by atoms with van der Waals surface area (Å²) in [5.41, 5.74) is 1.22. The van der Waals surface area contributed by atoms with Gasteiger partial charge in [0, 0.05) is 19.5 Å². The lowest BCUT2D eigenvalue weighted by Crippen LogP contribution is -2.37. The summed E-state index contributed by atoms with van der Waals surface area (Å²) in [4.78, 5) is 6.66. The Hall–Kier alpha value is -1.72. The molecule has 1 aromatic carbocycles. The van der Waals surface area contributed by atoms with Crippen LogP contribution in [0.25, 0.3) is 0 Å². The maximum Gasteiger partial charge on any atom is 0.240 e. The highest BCUT2D eigenvalue weighted by Crippen LogP contribution is 2.22. The summed E-state index contributed by atoms with van der Waals surface area (Å²) in [5, 5.41) is 3.93. The molecule has 5 heteroatoms. The fraction of sp³-hybridized carbons (Fsp3) is 0.467. The second kappa shape index (κ2) is 6.15. The molecule has 0 N–H and O–H groups in total. The summed E-state index contributed by atoms with van der Waals surface area (Å²) in [6.45, 7) is 5.20. The minimum Gasteiger partial charge on any atom is -0.371 e. The smallest absolute Gasteiger partial charge is 0.240 e. The zero-order valence-electron chi connectivity index (χ0n) is 11.7. The van der Waals surface area contributed by atoms with E-state index in [1.54, 1.807) is 0 Å². The first-order chi connectivity index (χ1) is 9.85. The van der Waals surface area contributed by atoms with Crippen molar-refractivity contribution in [2.24, 2.45) is 0 Å². The van der Waals surface area contributed by atoms with E-state index >= 15 is 0 Å². The van der Waals surface area contributed by atoms with Crippen molar-refractivity contribution in [3.05, 3.63) is 47.6 Å². The molecule has 0 amide bonds. The first-order valence-corrected chi connectivity index (χ1v) is 7.05. The Morgan fingerprint density at radius 3 is 2.90 bits per heavy atom. The number of hydrogen-bond donors (Lipinski definition) is 0. The number of aromatic nitrogens is 2. The van der Waals surface area contributed by atoms with Crippen LogP contribution in [0.1, 0.15) is 30.3 Å². The molecule has 0 spiro atoms. The summed E-state index contributed by atoms with van der Waals surface area (Å²) in [7, 11) is 0. The van der Waals surface area contributed by atoms with E-state index in [4.69, 9.17) is 9.26 Å². The monoisotopic (exact) mass is 273 g/mol. The van der Waals surface area contributed by atoms with Gasteiger partial charge < -0.3 is 9.26 Å². The van der Waals surface area contributed by atoms with E-state index in [9.17, 15) is 0 Å². The predicted molar refractivity (Wildman–Crippen MR) is 74.1 cm³/mol. The summed E-state index contributed by atoms with van der Waals surface area (Å²) >= 11 is 0. The Labute approximate surface area is 118 Å². The molecule has 20 heavy (non-hydrogen) atoms. The highest BCUT2D eigenvalue weighted by Gasteiger charge is 2.23. The fourth-order valence-electron chi connectivity index (χ4n) is 2.40. The van der Waals surface area contributed by atoms with Crippen molar-refractivity contribution in [1.29, 1.82) is 0 Å². The molecule has 2 heterocycles. The first kappa shape index (κ1) is 13.3. The number of ether oxygens (including phenoxy) is 1. The summed E-state index contributed by atoms with van der Waals surface area (Å²) in [6, 6.07) is 10.3. The van der Waals surface area contributed by atoms with Gasteiger partial charge in [0.15, 0.2) is 5.82 Å². The lowest BCUT2D eigenvalue weighted by molar-refractivity contribution is -0.0355. The largest absolute Gasteiger partial charge is 0.371 e. The van der Waals surface area contributed by atoms with Gasteiger partial charge in [0.1, 0.15) is 0 Å². The van der Waals surface area contributed by atoms with Gasteiger partial charge in [-0.3, -0.25) is 4.90 Å². The van der Waals surface area contributed by atoms with Crippen molar-refractivity contribution in [2.45, 2.75) is 26.0 Å². The Morgan fingerprint density at radius 2 is 2.15 bits per heavy atom. The molecule has 5 nitrogen and oxygen atoms in total. The van der Waals surface area contributed by atoms with E-state index in [-0.39, 0.29) is 6.10 Å². The average Bonchev–Trinajstić information content (AvgIpc) is 2.96. The van der Waals surface area contributed by atoms with E-state index in [1.807, 2.05) is 25.1 Å². The van der Waals surface area contributed by atoms with Gasteiger partial charge in [0.05, 0.1) is 19.3 Å². The molecule has 1 atom stereocenters. The molecule has 106 valence electrons. The van der Waals surface area contributed by atoms with Crippen molar-refractivity contribution in [3.63, 3.8) is 0 Å². The summed E-state index contributed by atoms with van der Waals surface area (Å²) in [5.74, 6) is 1.46. The van der Waals surface area contributed by atoms with Crippen molar-refractivity contribution in [1.82, 2.24) is 15.0 Å². The summed E-state index contributed by atoms with van der Waals surface area (Å²) < 4.78 is 11.1. The molecule has 0 aliphatic carbocycles. The summed E-state index contributed by atoms with van der Waals surface area (Å²) in [6.07, 6.45) is 0.928. The van der Waals surface area contributed by atoms with Gasteiger partial charge in [-0.05, 0) is 5.56 Å². The van der Waals surface area contributed by atoms with Crippen LogP contribution in [0.5, 0.6) is 0 Å². The van der Waals surface area contributed by atoms with Crippen LogP contribution in [-0.2, 0) is 17.7 Å². The van der Waals surface area contributed by atoms with Crippen molar-refractivity contribution in [3.8, 4) is 0 Å². The van der Waals surface area contributed by atoms with Crippen molar-refractivity contribution < 1.29 is 9.26 Å². The van der Waals surface area contributed by atoms with Crippen molar-refractivity contribution in [2.75, 3.05) is 19.7 Å². The van der Waals surface area contributed by atoms with Crippen LogP contribution in [0.2, 0.25) is 0 Å². The molecular formula is C15H19N3O2. The number of morpholine rings is 1. The number of aryl methyl sites for hydroxylation is 1. The Balaban J connectivity index is 1.63. The number of benzene rings is 1. The van der Waals surface area contributed by atoms with Gasteiger partial charge in [-0.1, -0.05) is 42.4 Å². The van der Waals surface area contributed by atoms with Crippen LogP contribution >= 0.6 is 0 Å². The zero-order valence-corrected chi connectivity index (χ0v) is 11.7. The van der Waals surface area contributed by atoms with E-state index in [0.29, 0.717) is 12.4 Å². The molecule has 0 radical (unpaired) electrons. The molecule has 1 fully saturated rings. The first-order valence-electron chi connectivity index (χ1n) is 7.05. The topological polar surface area (TPSA) is 51.4 Å². The van der Waals surface area contributed by atoms with Gasteiger partial charge in [-0.15, -0.1) is 0 Å². The number of rotatable bonds is 4. The highest BCUT2D eigenvalue weighted by molar-refractivity contribution is 5.18. The average molecular weight is 273 g/mol. The van der Waals surface area contributed by atoms with Crippen LogP contribution in [0.4, 0.5) is 0 Å². The minimum atomic E-state index is 0.124. The Bertz CT molecular complexity index is 541. The van der Waals surface area contributed by atoms with Crippen molar-refractivity contribution >= 4 is 0 Å². The molecule has 0 saturated carbocycles. The highest BCUT2D eigenvalue weighted by atomic mass is 16.5. The third-order valence-electron chi connectivity index (χ3n) is 3.51. The lowest BCUT2D eigenvalue weighted by atomic mass is 10.1. The second-order valence-corrected chi connectivity index (χ2v) is 4.96. The number of hydrogen-bond acceptors (Lipinski definition) is 5. The number of nitrogens with zero attached hydrogens (tertiary/aromatic N) is 3. The Kier molecular flexibility index (Phi) is 4.08. The third-order valence-corrected chi connectivity index (χ3v) is 3.51. The zero-order chi connectivity index (χ0) is 13.8. The van der Waals surface area contributed by atoms with Crippen LogP contribution in [0, 0.1) is 0 Å². The quantitative estimate of drug-likeness (QED) is 0.855. The second-order valence-electron chi connectivity index (χ2n) is 4.96. The van der Waals surface area contributed by atoms with E-state index < -0.39 is 0 Å². The Morgan fingerprint density at radius 1 is 1.30 bits per heavy atom. The molecular weight excluding hydrogens is 254 g/mol. The van der Waals surface area contributed by atoms with Gasteiger partial charge in [-0.25, -0.2) is 0 Å². The molecule has 3 rings (SSSR count). The fourth-order valence-corrected chi connectivity index (χ4v) is 2.40. The van der Waals surface area contributed by atoms with Gasteiger partial charge >= 0.3 is 0 Å². The standard InChI is InChI=1S/C15H19N3O2/c1-2-14-16-15(20-17-14)11-18-8-9-19-13(10-18)12-6-4-3-5-7-12/h3-7,13H,2,8-11H2,1H3. The van der Waals surface area contributed by atoms with Crippen LogP contribution in [-0.4, -0.2) is 34.7 Å². The maximum absolute atomic E-state index is 5.85. The normalized spacial score (nSPS) is 20.1. The van der Waals surface area contributed by atoms with E-state index in [2.05, 4.69) is 27.2 Å². The molecule has 2 aromatic rings. The van der Waals surface area contributed by atoms with Gasteiger partial charge in [0.2, 0.25) is 5.89 Å². The molecule has 1 aliphatic heterocycles. The molecule has 1 unspecified atom stereocenters. The van der Waals surface area contributed by atoms with E-state index in [1.165, 1.54) is 5.56 Å². The van der Waals surface area contributed by atoms with Crippen LogP contribution < -0.4 is 0 Å². The SMILES string of the molecule is CCc1noc(CN2CCOC(c3ccccc3)C2)n1. The van der Waals surface area contributed by atoms with E-state index in [0.717, 1.165) is 31.9 Å². The van der Waals surface area contributed by atoms with Gasteiger partial charge in [0.25, 0.3) is 0 Å². The molecule has 1 aliphatic rings. The maximum atomic E-state index is 5.85.